The van der Waals surface area contributed by atoms with E-state index in [0.29, 0.717) is 18.3 Å². The molecule has 1 aromatic heterocycles. The number of carbonyl (C=O) groups is 2. The zero-order valence-corrected chi connectivity index (χ0v) is 27.6. The van der Waals surface area contributed by atoms with E-state index < -0.39 is 53.5 Å². The lowest BCUT2D eigenvalue weighted by molar-refractivity contribution is -0.139. The number of nitrogens with zero attached hydrogens (tertiary/aromatic N) is 3. The van der Waals surface area contributed by atoms with Crippen LogP contribution in [-0.4, -0.2) is 59.7 Å². The van der Waals surface area contributed by atoms with Gasteiger partial charge in [0, 0.05) is 42.9 Å². The smallest absolute Gasteiger partial charge is 0.416 e. The molecule has 13 heteroatoms. The number of likely N-dealkylation sites (N-methyl/N-ethyl adjacent to an activating group) is 1. The van der Waals surface area contributed by atoms with E-state index >= 15 is 4.39 Å². The molecule has 1 saturated heterocycles. The van der Waals surface area contributed by atoms with Gasteiger partial charge in [-0.3, -0.25) is 14.4 Å². The Morgan fingerprint density at radius 2 is 1.87 bits per heavy atom. The Morgan fingerprint density at radius 1 is 1.20 bits per heavy atom. The average Bonchev–Trinajstić information content (AvgIpc) is 2.92. The molecule has 1 aliphatic rings. The fourth-order valence-corrected chi connectivity index (χ4v) is 6.35. The number of aromatic nitrogens is 1. The van der Waals surface area contributed by atoms with Crippen molar-refractivity contribution in [3.8, 4) is 0 Å². The third-order valence-electron chi connectivity index (χ3n) is 8.52. The Labute approximate surface area is 267 Å². The average molecular weight is 658 g/mol. The molecule has 8 nitrogen and oxygen atoms in total. The monoisotopic (exact) mass is 657 g/mol. The first-order valence-electron chi connectivity index (χ1n) is 15.2. The van der Waals surface area contributed by atoms with Crippen LogP contribution in [0.3, 0.4) is 0 Å². The van der Waals surface area contributed by atoms with Gasteiger partial charge in [0.2, 0.25) is 5.91 Å². The number of hydrogen-bond acceptors (Lipinski definition) is 5. The summed E-state index contributed by atoms with van der Waals surface area (Å²) in [6, 6.07) is 1.25. The second-order valence-corrected chi connectivity index (χ2v) is 13.6. The van der Waals surface area contributed by atoms with Gasteiger partial charge in [0.15, 0.2) is 0 Å². The normalized spacial score (nSPS) is 20.3. The van der Waals surface area contributed by atoms with Gasteiger partial charge in [-0.05, 0) is 70.7 Å². The topological polar surface area (TPSA) is 91.6 Å². The first kappa shape index (κ1) is 36.6. The van der Waals surface area contributed by atoms with E-state index in [4.69, 9.17) is 12.8 Å². The van der Waals surface area contributed by atoms with Crippen LogP contribution in [0.15, 0.2) is 29.2 Å². The van der Waals surface area contributed by atoms with Crippen molar-refractivity contribution in [2.75, 3.05) is 27.2 Å². The van der Waals surface area contributed by atoms with E-state index in [0.717, 1.165) is 30.0 Å². The number of aliphatic carboxylic acids is 1. The highest BCUT2D eigenvalue weighted by molar-refractivity contribution is 7.79. The number of benzene rings is 1. The summed E-state index contributed by atoms with van der Waals surface area (Å²) in [7, 11) is 3.42. The minimum absolute atomic E-state index is 0.0280. The summed E-state index contributed by atoms with van der Waals surface area (Å²) in [4.78, 5) is 40.7. The lowest BCUT2D eigenvalue weighted by Gasteiger charge is -2.41. The molecule has 0 spiro atoms. The number of quaternary nitrogens is 1. The van der Waals surface area contributed by atoms with Gasteiger partial charge in [0.05, 0.1) is 37.4 Å². The Balaban J connectivity index is 2.11. The van der Waals surface area contributed by atoms with Crippen LogP contribution in [0.25, 0.3) is 0 Å². The van der Waals surface area contributed by atoms with Crippen LogP contribution in [0.2, 0.25) is 0 Å². The molecular weight excluding hydrogens is 612 g/mol. The van der Waals surface area contributed by atoms with Crippen LogP contribution in [-0.2, 0) is 22.2 Å². The molecule has 2 heterocycles. The van der Waals surface area contributed by atoms with Crippen molar-refractivity contribution in [3.63, 3.8) is 0 Å². The van der Waals surface area contributed by atoms with E-state index in [2.05, 4.69) is 5.32 Å². The van der Waals surface area contributed by atoms with Crippen LogP contribution in [0, 0.1) is 18.7 Å². The number of carbonyl (C=O) groups excluding carboxylic acids is 1. The van der Waals surface area contributed by atoms with Crippen molar-refractivity contribution in [2.45, 2.75) is 90.5 Å². The minimum Gasteiger partial charge on any atom is -0.481 e. The van der Waals surface area contributed by atoms with Gasteiger partial charge in [-0.2, -0.15) is 13.2 Å². The minimum atomic E-state index is -4.78. The predicted molar refractivity (Wildman–Crippen MR) is 170 cm³/mol. The molecule has 0 aliphatic carbocycles. The van der Waals surface area contributed by atoms with E-state index in [1.807, 2.05) is 6.92 Å². The number of carboxylic acid groups (broad SMARTS) is 1. The van der Waals surface area contributed by atoms with Gasteiger partial charge in [-0.1, -0.05) is 13.8 Å². The summed E-state index contributed by atoms with van der Waals surface area (Å²) in [5.74, 6) is -2.93. The fourth-order valence-electron chi connectivity index (χ4n) is 5.98. The number of hydrogen-bond donors (Lipinski definition) is 3. The summed E-state index contributed by atoms with van der Waals surface area (Å²) in [5, 5.41) is 12.4. The molecular formula is C32H45F4N4O4S+. The fraction of sp³-hybridized carbons (Fsp3) is 0.594. The highest BCUT2D eigenvalue weighted by Crippen LogP contribution is 2.39. The molecule has 45 heavy (non-hydrogen) atoms. The number of nitrogens with one attached hydrogen (secondary N) is 1. The third-order valence-corrected chi connectivity index (χ3v) is 9.34. The number of thiol groups is 1. The van der Waals surface area contributed by atoms with Crippen molar-refractivity contribution in [1.29, 1.82) is 0 Å². The number of piperidine rings is 1. The van der Waals surface area contributed by atoms with Crippen molar-refractivity contribution < 1.29 is 32.3 Å². The number of carboxylic acids is 1. The van der Waals surface area contributed by atoms with Gasteiger partial charge in [0.1, 0.15) is 23.6 Å². The Morgan fingerprint density at radius 3 is 2.42 bits per heavy atom. The number of rotatable bonds is 12. The van der Waals surface area contributed by atoms with Crippen LogP contribution >= 0.6 is 12.8 Å². The molecule has 0 bridgehead atoms. The molecule has 1 aromatic carbocycles. The molecule has 3 rings (SSSR count). The van der Waals surface area contributed by atoms with Crippen molar-refractivity contribution in [2.24, 2.45) is 5.92 Å². The Hall–Kier alpha value is -2.90. The van der Waals surface area contributed by atoms with Crippen LogP contribution in [0.1, 0.15) is 87.2 Å². The molecule has 4 atom stereocenters. The molecule has 2 aromatic rings. The van der Waals surface area contributed by atoms with Gasteiger partial charge in [-0.15, -0.1) is 0 Å². The lowest BCUT2D eigenvalue weighted by Crippen LogP contribution is -2.50. The third kappa shape index (κ3) is 8.88. The molecule has 1 amide bonds. The number of alkyl halides is 3. The van der Waals surface area contributed by atoms with Gasteiger partial charge >= 0.3 is 12.1 Å². The van der Waals surface area contributed by atoms with Gasteiger partial charge in [-0.25, -0.2) is 8.28 Å². The quantitative estimate of drug-likeness (QED) is 0.147. The molecule has 2 unspecified atom stereocenters. The largest absolute Gasteiger partial charge is 0.481 e. The molecule has 1 fully saturated rings. The summed E-state index contributed by atoms with van der Waals surface area (Å²) >= 11 is 4.96. The molecule has 0 saturated carbocycles. The summed E-state index contributed by atoms with van der Waals surface area (Å²) < 4.78 is 58.6. The zero-order chi connectivity index (χ0) is 33.9. The molecule has 2 N–H and O–H groups in total. The van der Waals surface area contributed by atoms with Gasteiger partial charge < -0.3 is 19.9 Å². The SMILES string of the molecule is Cc1cc([N+]2(S)CCCC[C@@H]2C)cc([C@H](CC(=O)O)NC(=O)C(CC(C)C)n2cc(CCN(C)C)c(C(F)(F)F)cc2=O)c1F. The van der Waals surface area contributed by atoms with Crippen LogP contribution < -0.4 is 14.8 Å². The maximum atomic E-state index is 15.7. The van der Waals surface area contributed by atoms with E-state index in [1.54, 1.807) is 51.9 Å². The molecule has 1 aliphatic heterocycles. The van der Waals surface area contributed by atoms with E-state index in [-0.39, 0.29) is 51.9 Å². The summed E-state index contributed by atoms with van der Waals surface area (Å²) in [5.41, 5.74) is -1.32. The second kappa shape index (κ2) is 14.7. The number of amides is 1. The standard InChI is InChI=1S/C32H44F4N4O4S/c1-19(2)13-27(39-18-22(10-11-38(5)6)25(16-28(39)41)32(34,35)36)31(44)37-26(17-29(42)43)24-15-23(14-20(3)30(24)33)40(45)12-8-7-9-21(40)4/h14-16,18-19,21,26-27,45H,7-13,17H2,1-6H3,(H-,37,42,43,44)/p+1/t21-,26-,27?,40?/m0/s1. The maximum Gasteiger partial charge on any atom is 0.416 e. The van der Waals surface area contributed by atoms with Crippen molar-refractivity contribution in [1.82, 2.24) is 18.7 Å². The number of aryl methyl sites for hydroxylation is 1. The first-order chi connectivity index (χ1) is 20.8. The Bertz CT molecular complexity index is 1450. The molecule has 0 radical (unpaired) electrons. The lowest BCUT2D eigenvalue weighted by atomic mass is 9.95. The van der Waals surface area contributed by atoms with Crippen LogP contribution in [0.5, 0.6) is 0 Å². The predicted octanol–water partition coefficient (Wildman–Crippen LogP) is 6.06. The zero-order valence-electron chi connectivity index (χ0n) is 26.7. The van der Waals surface area contributed by atoms with Crippen molar-refractivity contribution in [3.05, 3.63) is 62.8 Å². The first-order valence-corrected chi connectivity index (χ1v) is 15.6. The van der Waals surface area contributed by atoms with Gasteiger partial charge in [0.25, 0.3) is 5.56 Å². The number of halogens is 4. The van der Waals surface area contributed by atoms with E-state index in [1.165, 1.54) is 0 Å². The summed E-state index contributed by atoms with van der Waals surface area (Å²) in [6.07, 6.45) is -1.47. The van der Waals surface area contributed by atoms with Crippen LogP contribution in [0.4, 0.5) is 23.2 Å². The summed E-state index contributed by atoms with van der Waals surface area (Å²) in [6.45, 7) is 8.15. The number of pyridine rings is 1. The van der Waals surface area contributed by atoms with E-state index in [9.17, 15) is 32.7 Å². The molecule has 250 valence electrons. The van der Waals surface area contributed by atoms with Crippen molar-refractivity contribution >= 4 is 30.4 Å². The maximum absolute atomic E-state index is 15.7. The highest BCUT2D eigenvalue weighted by Gasteiger charge is 2.39. The highest BCUT2D eigenvalue weighted by atomic mass is 32.1. The Kier molecular flexibility index (Phi) is 11.9. The second-order valence-electron chi connectivity index (χ2n) is 12.9.